The molecule has 0 amide bonds. The van der Waals surface area contributed by atoms with Gasteiger partial charge in [-0.3, -0.25) is 4.99 Å². The van der Waals surface area contributed by atoms with Gasteiger partial charge < -0.3 is 0 Å². The molecule has 0 saturated carbocycles. The van der Waals surface area contributed by atoms with Gasteiger partial charge in [0, 0.05) is 16.8 Å². The molecule has 0 aliphatic heterocycles. The molecule has 0 radical (unpaired) electrons. The Morgan fingerprint density at radius 3 is 1.10 bits per heavy atom. The highest BCUT2D eigenvalue weighted by atomic mass is 14.8. The highest BCUT2D eigenvalue weighted by molar-refractivity contribution is 6.21. The maximum absolute atomic E-state index is 5.72. The largest absolute Gasteiger partial charge is 0.252 e. The lowest BCUT2D eigenvalue weighted by Crippen LogP contribution is -2.00. The average molecular weight is 788 g/mol. The highest BCUT2D eigenvalue weighted by Crippen LogP contribution is 2.41. The van der Waals surface area contributed by atoms with Crippen LogP contribution in [0.4, 0.5) is 0 Å². The molecule has 0 aliphatic rings. The molecule has 12 aromatic rings. The number of benzene rings is 12. The number of nitrogens with zero attached hydrogens (tertiary/aromatic N) is 1. The van der Waals surface area contributed by atoms with E-state index in [1.165, 1.54) is 97.0 Å². The lowest BCUT2D eigenvalue weighted by Gasteiger charge is -2.18. The van der Waals surface area contributed by atoms with Gasteiger partial charge in [-0.25, -0.2) is 0 Å². The molecule has 0 saturated heterocycles. The van der Waals surface area contributed by atoms with Gasteiger partial charge in [0.15, 0.2) is 0 Å². The Morgan fingerprint density at radius 2 is 0.661 bits per heavy atom. The van der Waals surface area contributed by atoms with Crippen LogP contribution in [0, 0.1) is 0 Å². The third kappa shape index (κ3) is 5.74. The minimum absolute atomic E-state index is 0.922. The Balaban J connectivity index is 1.09. The Bertz CT molecular complexity index is 3950. The first-order valence-corrected chi connectivity index (χ1v) is 21.5. The molecule has 0 N–H and O–H groups in total. The zero-order valence-electron chi connectivity index (χ0n) is 34.7. The third-order valence-electron chi connectivity index (χ3n) is 13.3. The zero-order chi connectivity index (χ0) is 41.5. The summed E-state index contributed by atoms with van der Waals surface area (Å²) in [6.07, 6.45) is 0. The molecule has 0 aliphatic carbocycles. The quantitative estimate of drug-likeness (QED) is 0.0713. The van der Waals surface area contributed by atoms with Crippen LogP contribution in [0.3, 0.4) is 0 Å². The number of aliphatic imine (C=N–C) groups is 1. The van der Waals surface area contributed by atoms with Crippen LogP contribution in [0.5, 0.6) is 0 Å². The topological polar surface area (TPSA) is 12.4 Å². The van der Waals surface area contributed by atoms with Crippen LogP contribution < -0.4 is 0 Å². The van der Waals surface area contributed by atoms with Crippen molar-refractivity contribution in [3.05, 3.63) is 229 Å². The normalized spacial score (nSPS) is 12.8. The van der Waals surface area contributed by atoms with Gasteiger partial charge in [-0.05, 0) is 164 Å². The van der Waals surface area contributed by atoms with Crippen molar-refractivity contribution in [3.63, 3.8) is 0 Å². The SMILES string of the molecule is C=C(C(C)=C(N=C(C)c1cccc2c1ccc1cc3ccccc3cc12)c1cccc2c1ccc1cc3ccccc3cc12)c1cccc2c1ccc1cc3ccccc3cc12. The fourth-order valence-corrected chi connectivity index (χ4v) is 10.0. The summed E-state index contributed by atoms with van der Waals surface area (Å²) in [6, 6.07) is 73.4. The molecule has 0 bridgehead atoms. The first-order valence-electron chi connectivity index (χ1n) is 21.5. The van der Waals surface area contributed by atoms with E-state index >= 15 is 0 Å². The van der Waals surface area contributed by atoms with Gasteiger partial charge in [-0.15, -0.1) is 0 Å². The minimum atomic E-state index is 0.922. The van der Waals surface area contributed by atoms with E-state index in [4.69, 9.17) is 11.6 Å². The van der Waals surface area contributed by atoms with Crippen molar-refractivity contribution < 1.29 is 0 Å². The molecule has 0 aromatic heterocycles. The third-order valence-corrected chi connectivity index (χ3v) is 13.3. The van der Waals surface area contributed by atoms with E-state index in [0.717, 1.165) is 39.2 Å². The second-order valence-electron chi connectivity index (χ2n) is 16.8. The molecule has 0 atom stereocenters. The molecule has 62 heavy (non-hydrogen) atoms. The van der Waals surface area contributed by atoms with Crippen molar-refractivity contribution in [3.8, 4) is 0 Å². The summed E-state index contributed by atoms with van der Waals surface area (Å²) < 4.78 is 0. The van der Waals surface area contributed by atoms with E-state index in [1.54, 1.807) is 0 Å². The Hall–Kier alpha value is -7.87. The summed E-state index contributed by atoms with van der Waals surface area (Å²) in [5.41, 5.74) is 7.20. The smallest absolute Gasteiger partial charge is 0.0746 e. The number of allylic oxidation sites excluding steroid dienone is 2. The summed E-state index contributed by atoms with van der Waals surface area (Å²) in [5, 5.41) is 22.1. The predicted molar refractivity (Wildman–Crippen MR) is 271 cm³/mol. The summed E-state index contributed by atoms with van der Waals surface area (Å²) in [7, 11) is 0. The summed E-state index contributed by atoms with van der Waals surface area (Å²) in [5.74, 6) is 0. The van der Waals surface area contributed by atoms with E-state index in [2.05, 4.69) is 214 Å². The Labute approximate surface area is 360 Å². The van der Waals surface area contributed by atoms with Crippen LogP contribution >= 0.6 is 0 Å². The molecule has 1 nitrogen and oxygen atoms in total. The maximum Gasteiger partial charge on any atom is 0.0746 e. The van der Waals surface area contributed by atoms with E-state index in [1.807, 2.05) is 0 Å². The molecule has 0 heterocycles. The molecule has 0 unspecified atom stereocenters. The Morgan fingerprint density at radius 1 is 0.306 bits per heavy atom. The van der Waals surface area contributed by atoms with Crippen LogP contribution in [0.15, 0.2) is 217 Å². The van der Waals surface area contributed by atoms with Gasteiger partial charge in [0.2, 0.25) is 0 Å². The number of hydrogen-bond acceptors (Lipinski definition) is 1. The minimum Gasteiger partial charge on any atom is -0.252 e. The highest BCUT2D eigenvalue weighted by Gasteiger charge is 2.18. The van der Waals surface area contributed by atoms with Crippen molar-refractivity contribution in [2.24, 2.45) is 4.99 Å². The van der Waals surface area contributed by atoms with Gasteiger partial charge in [0.25, 0.3) is 0 Å². The number of hydrogen-bond donors (Lipinski definition) is 0. The first-order chi connectivity index (χ1) is 30.5. The zero-order valence-corrected chi connectivity index (χ0v) is 34.7. The predicted octanol–water partition coefficient (Wildman–Crippen LogP) is 17.0. The molecule has 12 aromatic carbocycles. The summed E-state index contributed by atoms with van der Waals surface area (Å²) in [4.78, 5) is 5.72. The molecule has 1 heteroatoms. The van der Waals surface area contributed by atoms with Crippen LogP contribution in [-0.2, 0) is 0 Å². The molecule has 0 spiro atoms. The average Bonchev–Trinajstić information content (AvgIpc) is 3.32. The second-order valence-corrected chi connectivity index (χ2v) is 16.8. The van der Waals surface area contributed by atoms with E-state index in [0.29, 0.717) is 0 Å². The van der Waals surface area contributed by atoms with Crippen molar-refractivity contribution in [1.29, 1.82) is 0 Å². The van der Waals surface area contributed by atoms with E-state index in [-0.39, 0.29) is 0 Å². The number of rotatable bonds is 5. The van der Waals surface area contributed by atoms with Gasteiger partial charge in [0.1, 0.15) is 0 Å². The van der Waals surface area contributed by atoms with Gasteiger partial charge in [0.05, 0.1) is 5.70 Å². The maximum atomic E-state index is 5.72. The van der Waals surface area contributed by atoms with Crippen molar-refractivity contribution in [2.75, 3.05) is 0 Å². The summed E-state index contributed by atoms with van der Waals surface area (Å²) in [6.45, 7) is 9.25. The van der Waals surface area contributed by atoms with Crippen molar-refractivity contribution in [1.82, 2.24) is 0 Å². The summed E-state index contributed by atoms with van der Waals surface area (Å²) >= 11 is 0. The van der Waals surface area contributed by atoms with Crippen LogP contribution in [0.25, 0.3) is 108 Å². The van der Waals surface area contributed by atoms with Crippen molar-refractivity contribution >= 4 is 114 Å². The lowest BCUT2D eigenvalue weighted by molar-refractivity contribution is 1.42. The van der Waals surface area contributed by atoms with Gasteiger partial charge >= 0.3 is 0 Å². The van der Waals surface area contributed by atoms with Gasteiger partial charge in [-0.1, -0.05) is 170 Å². The molecular formula is C61H41N. The standard InChI is InChI=1S/C61H41N/c1-37(49-19-10-21-51-54(49)28-25-46-31-40-13-4-7-16-43(40)34-58(46)51)38(2)61(57-24-12-23-53-56(57)30-27-48-33-42-15-6-9-18-45(42)36-60(48)53)62-39(3)50-20-11-22-52-55(50)29-26-47-32-41-14-5-8-17-44(41)35-59(47)52/h4-36H,1H2,2-3H3. The van der Waals surface area contributed by atoms with Crippen LogP contribution in [0.1, 0.15) is 30.5 Å². The lowest BCUT2D eigenvalue weighted by atomic mass is 9.89. The fraction of sp³-hybridized carbons (Fsp3) is 0.0328. The fourth-order valence-electron chi connectivity index (χ4n) is 10.0. The number of fused-ring (bicyclic) bond motifs is 12. The van der Waals surface area contributed by atoms with E-state index < -0.39 is 0 Å². The van der Waals surface area contributed by atoms with Crippen LogP contribution in [0.2, 0.25) is 0 Å². The second kappa shape index (κ2) is 14.1. The monoisotopic (exact) mass is 787 g/mol. The molecular weight excluding hydrogens is 747 g/mol. The van der Waals surface area contributed by atoms with Crippen LogP contribution in [-0.4, -0.2) is 5.71 Å². The molecule has 290 valence electrons. The Kier molecular flexibility index (Phi) is 8.20. The first kappa shape index (κ1) is 36.0. The molecule has 12 rings (SSSR count). The van der Waals surface area contributed by atoms with Crippen molar-refractivity contribution in [2.45, 2.75) is 13.8 Å². The van der Waals surface area contributed by atoms with Gasteiger partial charge in [-0.2, -0.15) is 0 Å². The van der Waals surface area contributed by atoms with E-state index in [9.17, 15) is 0 Å². The molecule has 0 fully saturated rings.